The molecule has 0 nitrogen and oxygen atoms in total. The summed E-state index contributed by atoms with van der Waals surface area (Å²) in [7, 11) is 0. The van der Waals surface area contributed by atoms with E-state index in [2.05, 4.69) is 60.6 Å². The SMILES string of the molecule is CCC(CC)CC(C)(C)C=CC(C)(C)CC. The predicted octanol–water partition coefficient (Wildman–Crippen LogP) is 5.83. The maximum atomic E-state index is 2.44. The summed E-state index contributed by atoms with van der Waals surface area (Å²) >= 11 is 0. The van der Waals surface area contributed by atoms with Gasteiger partial charge in [0.1, 0.15) is 0 Å². The van der Waals surface area contributed by atoms with E-state index < -0.39 is 0 Å². The van der Waals surface area contributed by atoms with Crippen molar-refractivity contribution < 1.29 is 0 Å². The molecule has 0 spiro atoms. The van der Waals surface area contributed by atoms with E-state index in [1.807, 2.05) is 0 Å². The van der Waals surface area contributed by atoms with Gasteiger partial charge in [-0.2, -0.15) is 0 Å². The van der Waals surface area contributed by atoms with E-state index >= 15 is 0 Å². The summed E-state index contributed by atoms with van der Waals surface area (Å²) in [5, 5.41) is 0. The molecule has 0 fully saturated rings. The summed E-state index contributed by atoms with van der Waals surface area (Å²) in [5.41, 5.74) is 0.703. The second-order valence-corrected chi connectivity index (χ2v) is 6.55. The summed E-state index contributed by atoms with van der Waals surface area (Å²) in [6, 6.07) is 0. The highest BCUT2D eigenvalue weighted by Gasteiger charge is 2.20. The Hall–Kier alpha value is -0.260. The smallest absolute Gasteiger partial charge is 0.0172 e. The van der Waals surface area contributed by atoms with E-state index in [0.717, 1.165) is 5.92 Å². The summed E-state index contributed by atoms with van der Waals surface area (Å²) < 4.78 is 0. The van der Waals surface area contributed by atoms with Crippen molar-refractivity contribution in [2.45, 2.75) is 74.1 Å². The van der Waals surface area contributed by atoms with E-state index in [9.17, 15) is 0 Å². The van der Waals surface area contributed by atoms with E-state index in [0.29, 0.717) is 10.8 Å². The van der Waals surface area contributed by atoms with Crippen LogP contribution in [0.25, 0.3) is 0 Å². The van der Waals surface area contributed by atoms with E-state index in [-0.39, 0.29) is 0 Å². The molecule has 0 N–H and O–H groups in total. The summed E-state index contributed by atoms with van der Waals surface area (Å²) in [5.74, 6) is 0.879. The minimum atomic E-state index is 0.350. The fraction of sp³-hybridized carbons (Fsp3) is 0.875. The maximum Gasteiger partial charge on any atom is -0.0172 e. The number of hydrogen-bond donors (Lipinski definition) is 0. The van der Waals surface area contributed by atoms with Crippen molar-refractivity contribution in [1.82, 2.24) is 0 Å². The van der Waals surface area contributed by atoms with Gasteiger partial charge in [-0.05, 0) is 29.6 Å². The number of hydrogen-bond acceptors (Lipinski definition) is 0. The standard InChI is InChI=1S/C16H32/c1-8-14(9-2)13-16(6,7)12-11-15(4,5)10-3/h11-12,14H,8-10,13H2,1-7H3. The van der Waals surface area contributed by atoms with Crippen molar-refractivity contribution >= 4 is 0 Å². The van der Waals surface area contributed by atoms with Gasteiger partial charge in [-0.3, -0.25) is 0 Å². The summed E-state index contributed by atoms with van der Waals surface area (Å²) in [4.78, 5) is 0. The van der Waals surface area contributed by atoms with Crippen molar-refractivity contribution in [3.05, 3.63) is 12.2 Å². The molecule has 0 aromatic rings. The number of allylic oxidation sites excluding steroid dienone is 2. The maximum absolute atomic E-state index is 2.44. The largest absolute Gasteiger partial charge is 0.0823 e. The van der Waals surface area contributed by atoms with Crippen LogP contribution < -0.4 is 0 Å². The lowest BCUT2D eigenvalue weighted by molar-refractivity contribution is 0.313. The molecule has 0 aliphatic heterocycles. The third-order valence-corrected chi connectivity index (χ3v) is 3.87. The molecule has 0 saturated heterocycles. The molecule has 0 aromatic heterocycles. The van der Waals surface area contributed by atoms with Crippen LogP contribution in [0.4, 0.5) is 0 Å². The molecule has 0 aromatic carbocycles. The molecule has 0 amide bonds. The minimum absolute atomic E-state index is 0.350. The highest BCUT2D eigenvalue weighted by molar-refractivity contribution is 5.01. The van der Waals surface area contributed by atoms with Gasteiger partial charge < -0.3 is 0 Å². The van der Waals surface area contributed by atoms with E-state index in [1.165, 1.54) is 25.7 Å². The van der Waals surface area contributed by atoms with Gasteiger partial charge in [0.05, 0.1) is 0 Å². The molecule has 0 rings (SSSR count). The summed E-state index contributed by atoms with van der Waals surface area (Å²) in [6.07, 6.45) is 10.0. The first kappa shape index (κ1) is 15.7. The molecule has 0 heterocycles. The van der Waals surface area contributed by atoms with Gasteiger partial charge in [0.2, 0.25) is 0 Å². The Morgan fingerprint density at radius 2 is 1.25 bits per heavy atom. The zero-order valence-corrected chi connectivity index (χ0v) is 12.6. The van der Waals surface area contributed by atoms with Crippen LogP contribution in [0.5, 0.6) is 0 Å². The average Bonchev–Trinajstić information content (AvgIpc) is 2.24. The van der Waals surface area contributed by atoms with Crippen molar-refractivity contribution in [1.29, 1.82) is 0 Å². The van der Waals surface area contributed by atoms with E-state index in [1.54, 1.807) is 0 Å². The zero-order valence-electron chi connectivity index (χ0n) is 12.6. The Morgan fingerprint density at radius 3 is 1.62 bits per heavy atom. The molecule has 0 atom stereocenters. The van der Waals surface area contributed by atoms with Crippen molar-refractivity contribution in [2.75, 3.05) is 0 Å². The van der Waals surface area contributed by atoms with Gasteiger partial charge in [0.25, 0.3) is 0 Å². The van der Waals surface area contributed by atoms with E-state index in [4.69, 9.17) is 0 Å². The van der Waals surface area contributed by atoms with Crippen LogP contribution in [0.1, 0.15) is 74.1 Å². The highest BCUT2D eigenvalue weighted by Crippen LogP contribution is 2.32. The Labute approximate surface area is 104 Å². The van der Waals surface area contributed by atoms with Crippen LogP contribution in [0, 0.1) is 16.7 Å². The minimum Gasteiger partial charge on any atom is -0.0823 e. The average molecular weight is 224 g/mol. The molecular formula is C16H32. The van der Waals surface area contributed by atoms with Crippen LogP contribution in [0.15, 0.2) is 12.2 Å². The van der Waals surface area contributed by atoms with Gasteiger partial charge in [0, 0.05) is 0 Å². The van der Waals surface area contributed by atoms with Gasteiger partial charge in [-0.15, -0.1) is 0 Å². The Kier molecular flexibility index (Phi) is 6.36. The van der Waals surface area contributed by atoms with Crippen LogP contribution >= 0.6 is 0 Å². The predicted molar refractivity (Wildman–Crippen MR) is 75.7 cm³/mol. The normalized spacial score (nSPS) is 14.0. The van der Waals surface area contributed by atoms with Crippen LogP contribution in [-0.4, -0.2) is 0 Å². The highest BCUT2D eigenvalue weighted by atomic mass is 14.3. The fourth-order valence-corrected chi connectivity index (χ4v) is 1.96. The van der Waals surface area contributed by atoms with Gasteiger partial charge in [-0.25, -0.2) is 0 Å². The first-order chi connectivity index (χ1) is 7.26. The van der Waals surface area contributed by atoms with Crippen LogP contribution in [0.2, 0.25) is 0 Å². The third kappa shape index (κ3) is 6.35. The molecule has 0 bridgehead atoms. The van der Waals surface area contributed by atoms with Crippen molar-refractivity contribution in [3.8, 4) is 0 Å². The molecule has 96 valence electrons. The fourth-order valence-electron chi connectivity index (χ4n) is 1.96. The monoisotopic (exact) mass is 224 g/mol. The van der Waals surface area contributed by atoms with Crippen LogP contribution in [0.3, 0.4) is 0 Å². The molecule has 0 aliphatic rings. The molecule has 0 aliphatic carbocycles. The van der Waals surface area contributed by atoms with Crippen molar-refractivity contribution in [2.24, 2.45) is 16.7 Å². The molecular weight excluding hydrogens is 192 g/mol. The van der Waals surface area contributed by atoms with Gasteiger partial charge in [-0.1, -0.05) is 73.5 Å². The molecule has 0 saturated carbocycles. The first-order valence-corrected chi connectivity index (χ1v) is 6.96. The molecule has 0 unspecified atom stereocenters. The van der Waals surface area contributed by atoms with Crippen LogP contribution in [-0.2, 0) is 0 Å². The van der Waals surface area contributed by atoms with Gasteiger partial charge in [0.15, 0.2) is 0 Å². The lowest BCUT2D eigenvalue weighted by atomic mass is 9.78. The quantitative estimate of drug-likeness (QED) is 0.477. The third-order valence-electron chi connectivity index (χ3n) is 3.87. The zero-order chi connectivity index (χ0) is 12.8. The Balaban J connectivity index is 4.44. The Morgan fingerprint density at radius 1 is 0.812 bits per heavy atom. The van der Waals surface area contributed by atoms with Gasteiger partial charge >= 0.3 is 0 Å². The second-order valence-electron chi connectivity index (χ2n) is 6.55. The Bertz CT molecular complexity index is 204. The lowest BCUT2D eigenvalue weighted by Gasteiger charge is -2.27. The lowest BCUT2D eigenvalue weighted by Crippen LogP contribution is -2.15. The first-order valence-electron chi connectivity index (χ1n) is 6.96. The number of rotatable bonds is 7. The molecule has 16 heavy (non-hydrogen) atoms. The van der Waals surface area contributed by atoms with Crippen molar-refractivity contribution in [3.63, 3.8) is 0 Å². The molecule has 0 radical (unpaired) electrons. The molecule has 0 heteroatoms. The summed E-state index contributed by atoms with van der Waals surface area (Å²) in [6.45, 7) is 16.3. The topological polar surface area (TPSA) is 0 Å². The second kappa shape index (κ2) is 6.47.